The third kappa shape index (κ3) is 5.30. The highest BCUT2D eigenvalue weighted by Crippen LogP contribution is 2.10. The van der Waals surface area contributed by atoms with Gasteiger partial charge in [-0.1, -0.05) is 42.5 Å². The van der Waals surface area contributed by atoms with E-state index >= 15 is 0 Å². The molecule has 0 aliphatic carbocycles. The van der Waals surface area contributed by atoms with Crippen LogP contribution in [0.25, 0.3) is 0 Å². The van der Waals surface area contributed by atoms with Crippen molar-refractivity contribution in [2.24, 2.45) is 0 Å². The molecule has 0 unspecified atom stereocenters. The maximum Gasteiger partial charge on any atom is 0.251 e. The van der Waals surface area contributed by atoms with Crippen LogP contribution in [0, 0.1) is 6.92 Å². The third-order valence-electron chi connectivity index (χ3n) is 4.51. The lowest BCUT2D eigenvalue weighted by Gasteiger charge is -2.11. The Labute approximate surface area is 164 Å². The van der Waals surface area contributed by atoms with Crippen LogP contribution < -0.4 is 10.6 Å². The lowest BCUT2D eigenvalue weighted by molar-refractivity contribution is -0.121. The predicted octanol–water partition coefficient (Wildman–Crippen LogP) is 2.68. The number of nitrogens with zero attached hydrogens (tertiary/aromatic N) is 2. The Morgan fingerprint density at radius 2 is 1.71 bits per heavy atom. The minimum atomic E-state index is -0.157. The van der Waals surface area contributed by atoms with Gasteiger partial charge in [-0.25, -0.2) is 0 Å². The molecular formula is C22H24N4O2. The molecule has 0 atom stereocenters. The molecule has 1 heterocycles. The highest BCUT2D eigenvalue weighted by atomic mass is 16.2. The van der Waals surface area contributed by atoms with E-state index in [9.17, 15) is 9.59 Å². The van der Waals surface area contributed by atoms with E-state index in [0.717, 1.165) is 16.7 Å². The second kappa shape index (κ2) is 9.50. The number of carbonyl (C=O) groups is 2. The smallest absolute Gasteiger partial charge is 0.251 e. The van der Waals surface area contributed by atoms with Gasteiger partial charge in [0.25, 0.3) is 5.91 Å². The number of hydrogen-bond donors (Lipinski definition) is 2. The predicted molar refractivity (Wildman–Crippen MR) is 108 cm³/mol. The Bertz CT molecular complexity index is 935. The standard InChI is InChI=1S/C22H24N4O2/c1-17-7-2-5-10-20(17)22(28)23-13-11-21(27)24-15-18-8-3-4-9-19(18)16-26-14-6-12-25-26/h2-10,12,14H,11,13,15-16H2,1H3,(H,23,28)(H,24,27). The molecule has 2 amide bonds. The van der Waals surface area contributed by atoms with Crippen molar-refractivity contribution in [3.63, 3.8) is 0 Å². The van der Waals surface area contributed by atoms with Crippen LogP contribution in [0.3, 0.4) is 0 Å². The fraction of sp³-hybridized carbons (Fsp3) is 0.227. The van der Waals surface area contributed by atoms with E-state index in [1.54, 1.807) is 12.3 Å². The van der Waals surface area contributed by atoms with Crippen LogP contribution in [0.1, 0.15) is 33.5 Å². The highest BCUT2D eigenvalue weighted by molar-refractivity contribution is 5.95. The summed E-state index contributed by atoms with van der Waals surface area (Å²) >= 11 is 0. The highest BCUT2D eigenvalue weighted by Gasteiger charge is 2.09. The number of benzene rings is 2. The molecule has 0 fully saturated rings. The molecule has 2 N–H and O–H groups in total. The summed E-state index contributed by atoms with van der Waals surface area (Å²) < 4.78 is 1.85. The van der Waals surface area contributed by atoms with Crippen LogP contribution in [0.2, 0.25) is 0 Å². The summed E-state index contributed by atoms with van der Waals surface area (Å²) in [7, 11) is 0. The molecule has 0 saturated carbocycles. The quantitative estimate of drug-likeness (QED) is 0.635. The van der Waals surface area contributed by atoms with Crippen LogP contribution >= 0.6 is 0 Å². The average molecular weight is 376 g/mol. The number of nitrogens with one attached hydrogen (secondary N) is 2. The molecule has 28 heavy (non-hydrogen) atoms. The molecule has 1 aromatic heterocycles. The molecule has 0 saturated heterocycles. The van der Waals surface area contributed by atoms with Crippen LogP contribution in [-0.2, 0) is 17.9 Å². The molecule has 0 aliphatic heterocycles. The zero-order valence-electron chi connectivity index (χ0n) is 15.9. The molecule has 6 heteroatoms. The Morgan fingerprint density at radius 3 is 2.46 bits per heavy atom. The van der Waals surface area contributed by atoms with Crippen LogP contribution in [0.4, 0.5) is 0 Å². The lowest BCUT2D eigenvalue weighted by atomic mass is 10.1. The van der Waals surface area contributed by atoms with E-state index in [1.807, 2.05) is 66.3 Å². The molecule has 3 rings (SSSR count). The van der Waals surface area contributed by atoms with E-state index in [2.05, 4.69) is 15.7 Å². The van der Waals surface area contributed by atoms with Gasteiger partial charge in [0, 0.05) is 37.5 Å². The molecule has 0 aliphatic rings. The number of aromatic nitrogens is 2. The number of hydrogen-bond acceptors (Lipinski definition) is 3. The van der Waals surface area contributed by atoms with Crippen molar-refractivity contribution >= 4 is 11.8 Å². The summed E-state index contributed by atoms with van der Waals surface area (Å²) in [5.74, 6) is -0.255. The molecule has 0 bridgehead atoms. The van der Waals surface area contributed by atoms with Gasteiger partial charge in [-0.2, -0.15) is 5.10 Å². The summed E-state index contributed by atoms with van der Waals surface area (Å²) in [4.78, 5) is 24.3. The van der Waals surface area contributed by atoms with Gasteiger partial charge in [-0.05, 0) is 35.7 Å². The van der Waals surface area contributed by atoms with Crippen molar-refractivity contribution in [1.29, 1.82) is 0 Å². The van der Waals surface area contributed by atoms with Gasteiger partial charge in [0.05, 0.1) is 6.54 Å². The van der Waals surface area contributed by atoms with E-state index in [0.29, 0.717) is 25.2 Å². The molecule has 2 aromatic carbocycles. The van der Waals surface area contributed by atoms with Crippen LogP contribution in [-0.4, -0.2) is 28.1 Å². The van der Waals surface area contributed by atoms with Crippen LogP contribution in [0.15, 0.2) is 67.0 Å². The summed E-state index contributed by atoms with van der Waals surface area (Å²) in [6.45, 7) is 3.30. The zero-order chi connectivity index (χ0) is 19.8. The van der Waals surface area contributed by atoms with Crippen molar-refractivity contribution in [1.82, 2.24) is 20.4 Å². The summed E-state index contributed by atoms with van der Waals surface area (Å²) in [6, 6.07) is 17.2. The van der Waals surface area contributed by atoms with Gasteiger partial charge >= 0.3 is 0 Å². The number of aryl methyl sites for hydroxylation is 1. The minimum absolute atomic E-state index is 0.0982. The fourth-order valence-electron chi connectivity index (χ4n) is 2.95. The van der Waals surface area contributed by atoms with E-state index in [1.165, 1.54) is 0 Å². The SMILES string of the molecule is Cc1ccccc1C(=O)NCCC(=O)NCc1ccccc1Cn1cccn1. The molecule has 0 spiro atoms. The van der Waals surface area contributed by atoms with Crippen molar-refractivity contribution in [2.75, 3.05) is 6.54 Å². The maximum atomic E-state index is 12.2. The molecule has 144 valence electrons. The second-order valence-corrected chi connectivity index (χ2v) is 6.57. The molecular weight excluding hydrogens is 352 g/mol. The average Bonchev–Trinajstić information content (AvgIpc) is 3.20. The summed E-state index contributed by atoms with van der Waals surface area (Å²) in [6.07, 6.45) is 3.89. The van der Waals surface area contributed by atoms with Crippen LogP contribution in [0.5, 0.6) is 0 Å². The van der Waals surface area contributed by atoms with Gasteiger partial charge in [0.15, 0.2) is 0 Å². The Balaban J connectivity index is 1.46. The first-order valence-electron chi connectivity index (χ1n) is 9.28. The first-order chi connectivity index (χ1) is 13.6. The molecule has 6 nitrogen and oxygen atoms in total. The second-order valence-electron chi connectivity index (χ2n) is 6.57. The first kappa shape index (κ1) is 19.4. The fourth-order valence-corrected chi connectivity index (χ4v) is 2.95. The first-order valence-corrected chi connectivity index (χ1v) is 9.28. The van der Waals surface area contributed by atoms with E-state index < -0.39 is 0 Å². The van der Waals surface area contributed by atoms with E-state index in [4.69, 9.17) is 0 Å². The minimum Gasteiger partial charge on any atom is -0.352 e. The van der Waals surface area contributed by atoms with Crippen molar-refractivity contribution in [3.05, 3.63) is 89.2 Å². The van der Waals surface area contributed by atoms with Crippen molar-refractivity contribution in [3.8, 4) is 0 Å². The summed E-state index contributed by atoms with van der Waals surface area (Å²) in [5, 5.41) is 9.95. The Hall–Kier alpha value is -3.41. The van der Waals surface area contributed by atoms with Gasteiger partial charge in [-0.15, -0.1) is 0 Å². The Kier molecular flexibility index (Phi) is 6.57. The topological polar surface area (TPSA) is 76.0 Å². The molecule has 0 radical (unpaired) electrons. The maximum absolute atomic E-state index is 12.2. The lowest BCUT2D eigenvalue weighted by Crippen LogP contribution is -2.31. The largest absolute Gasteiger partial charge is 0.352 e. The van der Waals surface area contributed by atoms with E-state index in [-0.39, 0.29) is 18.2 Å². The van der Waals surface area contributed by atoms with Gasteiger partial charge in [0.2, 0.25) is 5.91 Å². The monoisotopic (exact) mass is 376 g/mol. The number of carbonyl (C=O) groups excluding carboxylic acids is 2. The number of amides is 2. The Morgan fingerprint density at radius 1 is 0.964 bits per heavy atom. The molecule has 3 aromatic rings. The van der Waals surface area contributed by atoms with Gasteiger partial charge in [-0.3, -0.25) is 14.3 Å². The third-order valence-corrected chi connectivity index (χ3v) is 4.51. The van der Waals surface area contributed by atoms with Crippen molar-refractivity contribution < 1.29 is 9.59 Å². The summed E-state index contributed by atoms with van der Waals surface area (Å²) in [5.41, 5.74) is 3.71. The zero-order valence-corrected chi connectivity index (χ0v) is 15.9. The van der Waals surface area contributed by atoms with Gasteiger partial charge in [0.1, 0.15) is 0 Å². The van der Waals surface area contributed by atoms with Gasteiger partial charge < -0.3 is 10.6 Å². The van der Waals surface area contributed by atoms with Crippen molar-refractivity contribution in [2.45, 2.75) is 26.4 Å². The normalized spacial score (nSPS) is 10.5. The number of rotatable bonds is 8.